The molecule has 0 aromatic heterocycles. The quantitative estimate of drug-likeness (QED) is 0.583. The molecule has 0 radical (unpaired) electrons. The molecule has 0 heterocycles. The van der Waals surface area contributed by atoms with Gasteiger partial charge in [-0.3, -0.25) is 4.79 Å². The fourth-order valence-electron chi connectivity index (χ4n) is 0.445. The highest BCUT2D eigenvalue weighted by Crippen LogP contribution is 1.79. The molecule has 3 heteroatoms. The highest BCUT2D eigenvalue weighted by Gasteiger charge is 1.99. The summed E-state index contributed by atoms with van der Waals surface area (Å²) in [6.07, 6.45) is -0.0435. The van der Waals surface area contributed by atoms with Crippen LogP contribution in [-0.4, -0.2) is 11.9 Å². The zero-order chi connectivity index (χ0) is 7.28. The van der Waals surface area contributed by atoms with E-state index in [1.54, 1.807) is 6.07 Å². The summed E-state index contributed by atoms with van der Waals surface area (Å²) in [6.45, 7) is 3.71. The van der Waals surface area contributed by atoms with Crippen molar-refractivity contribution in [3.63, 3.8) is 0 Å². The van der Waals surface area contributed by atoms with Gasteiger partial charge >= 0.3 is 0 Å². The van der Waals surface area contributed by atoms with Crippen LogP contribution in [0.2, 0.25) is 0 Å². The van der Waals surface area contributed by atoms with Crippen LogP contribution in [0.4, 0.5) is 0 Å². The summed E-state index contributed by atoms with van der Waals surface area (Å²) in [5.74, 6) is -0.201. The van der Waals surface area contributed by atoms with E-state index in [1.165, 1.54) is 0 Å². The Labute approximate surface area is 54.7 Å². The Kier molecular flexibility index (Phi) is 3.45. The number of rotatable bonds is 2. The smallest absolute Gasteiger partial charge is 0.234 e. The van der Waals surface area contributed by atoms with Crippen molar-refractivity contribution >= 4 is 5.91 Å². The van der Waals surface area contributed by atoms with Crippen LogP contribution in [-0.2, 0) is 4.79 Å². The first-order chi connectivity index (χ1) is 4.16. The maximum absolute atomic E-state index is 10.5. The molecule has 0 atom stereocenters. The molecule has 0 aliphatic heterocycles. The molecule has 0 aliphatic carbocycles. The van der Waals surface area contributed by atoms with Crippen LogP contribution in [0, 0.1) is 11.3 Å². The topological polar surface area (TPSA) is 52.9 Å². The highest BCUT2D eigenvalue weighted by atomic mass is 16.1. The molecule has 0 aromatic carbocycles. The average molecular weight is 126 g/mol. The number of hydrogen-bond donors (Lipinski definition) is 1. The summed E-state index contributed by atoms with van der Waals surface area (Å²) in [7, 11) is 0. The number of hydrogen-bond acceptors (Lipinski definition) is 2. The van der Waals surface area contributed by atoms with Crippen LogP contribution in [0.3, 0.4) is 0 Å². The summed E-state index contributed by atoms with van der Waals surface area (Å²) < 4.78 is 0. The fraction of sp³-hybridized carbons (Fsp3) is 0.667. The lowest BCUT2D eigenvalue weighted by atomic mass is 10.3. The first-order valence-corrected chi connectivity index (χ1v) is 2.83. The van der Waals surface area contributed by atoms with E-state index in [1.807, 2.05) is 13.8 Å². The minimum absolute atomic E-state index is 0.0435. The second-order valence-corrected chi connectivity index (χ2v) is 2.06. The number of amides is 1. The van der Waals surface area contributed by atoms with Crippen molar-refractivity contribution in [1.82, 2.24) is 5.32 Å². The molecule has 0 rings (SSSR count). The lowest BCUT2D eigenvalue weighted by Gasteiger charge is -2.03. The van der Waals surface area contributed by atoms with Crippen LogP contribution >= 0.6 is 0 Å². The summed E-state index contributed by atoms with van der Waals surface area (Å²) >= 11 is 0. The zero-order valence-corrected chi connectivity index (χ0v) is 5.64. The monoisotopic (exact) mass is 126 g/mol. The van der Waals surface area contributed by atoms with E-state index in [2.05, 4.69) is 5.32 Å². The van der Waals surface area contributed by atoms with Crippen molar-refractivity contribution in [3.05, 3.63) is 0 Å². The zero-order valence-electron chi connectivity index (χ0n) is 5.64. The van der Waals surface area contributed by atoms with Gasteiger partial charge in [0.1, 0.15) is 6.42 Å². The first-order valence-electron chi connectivity index (χ1n) is 2.83. The van der Waals surface area contributed by atoms with Gasteiger partial charge in [-0.05, 0) is 13.8 Å². The largest absolute Gasteiger partial charge is 0.353 e. The molecule has 0 aromatic rings. The normalized spacial score (nSPS) is 8.67. The molecular weight excluding hydrogens is 116 g/mol. The Bertz CT molecular complexity index is 134. The van der Waals surface area contributed by atoms with Crippen molar-refractivity contribution in [3.8, 4) is 6.07 Å². The van der Waals surface area contributed by atoms with E-state index >= 15 is 0 Å². The molecule has 9 heavy (non-hydrogen) atoms. The average Bonchev–Trinajstić information content (AvgIpc) is 1.63. The van der Waals surface area contributed by atoms with Gasteiger partial charge in [-0.25, -0.2) is 0 Å². The molecule has 50 valence electrons. The van der Waals surface area contributed by atoms with Crippen molar-refractivity contribution in [2.45, 2.75) is 26.3 Å². The third kappa shape index (κ3) is 4.82. The minimum atomic E-state index is -0.201. The predicted molar refractivity (Wildman–Crippen MR) is 33.5 cm³/mol. The lowest BCUT2D eigenvalue weighted by Crippen LogP contribution is -2.29. The van der Waals surface area contributed by atoms with Crippen LogP contribution < -0.4 is 5.32 Å². The molecule has 0 unspecified atom stereocenters. The van der Waals surface area contributed by atoms with Crippen LogP contribution in [0.1, 0.15) is 20.3 Å². The summed E-state index contributed by atoms with van der Waals surface area (Å²) in [6, 6.07) is 1.89. The Morgan fingerprint density at radius 3 is 2.67 bits per heavy atom. The SMILES string of the molecule is CC(C)NC(=O)CC#N. The van der Waals surface area contributed by atoms with E-state index < -0.39 is 0 Å². The van der Waals surface area contributed by atoms with Crippen LogP contribution in [0.5, 0.6) is 0 Å². The summed E-state index contributed by atoms with van der Waals surface area (Å²) in [5, 5.41) is 10.6. The van der Waals surface area contributed by atoms with E-state index in [0.717, 1.165) is 0 Å². The molecule has 3 nitrogen and oxygen atoms in total. The Hall–Kier alpha value is -1.04. The molecule has 0 spiro atoms. The van der Waals surface area contributed by atoms with E-state index in [-0.39, 0.29) is 18.4 Å². The number of carbonyl (C=O) groups is 1. The Balaban J connectivity index is 3.42. The molecule has 0 saturated carbocycles. The second kappa shape index (κ2) is 3.90. The third-order valence-electron chi connectivity index (χ3n) is 0.689. The number of nitriles is 1. The van der Waals surface area contributed by atoms with Crippen molar-refractivity contribution in [1.29, 1.82) is 5.26 Å². The predicted octanol–water partition coefficient (Wildman–Crippen LogP) is 0.425. The van der Waals surface area contributed by atoms with E-state index in [4.69, 9.17) is 5.26 Å². The first kappa shape index (κ1) is 7.96. The molecule has 1 amide bonds. The molecule has 0 bridgehead atoms. The van der Waals surface area contributed by atoms with E-state index in [9.17, 15) is 4.79 Å². The second-order valence-electron chi connectivity index (χ2n) is 2.06. The van der Waals surface area contributed by atoms with Gasteiger partial charge in [0.15, 0.2) is 0 Å². The van der Waals surface area contributed by atoms with E-state index in [0.29, 0.717) is 0 Å². The Morgan fingerprint density at radius 1 is 1.78 bits per heavy atom. The molecule has 1 N–H and O–H groups in total. The van der Waals surface area contributed by atoms with Crippen molar-refractivity contribution < 1.29 is 4.79 Å². The van der Waals surface area contributed by atoms with Gasteiger partial charge in [0.05, 0.1) is 6.07 Å². The van der Waals surface area contributed by atoms with Gasteiger partial charge in [-0.15, -0.1) is 0 Å². The number of nitrogens with zero attached hydrogens (tertiary/aromatic N) is 1. The molecular formula is C6H10N2O. The number of carbonyl (C=O) groups excluding carboxylic acids is 1. The van der Waals surface area contributed by atoms with Crippen LogP contribution in [0.15, 0.2) is 0 Å². The minimum Gasteiger partial charge on any atom is -0.353 e. The maximum Gasteiger partial charge on any atom is 0.234 e. The maximum atomic E-state index is 10.5. The van der Waals surface area contributed by atoms with Gasteiger partial charge in [-0.1, -0.05) is 0 Å². The molecule has 0 fully saturated rings. The summed E-state index contributed by atoms with van der Waals surface area (Å²) in [5.41, 5.74) is 0. The standard InChI is InChI=1S/C6H10N2O/c1-5(2)8-6(9)3-4-7/h5H,3H2,1-2H3,(H,8,9). The highest BCUT2D eigenvalue weighted by molar-refractivity contribution is 5.78. The van der Waals surface area contributed by atoms with Gasteiger partial charge < -0.3 is 5.32 Å². The molecule has 0 saturated heterocycles. The molecule has 0 aliphatic rings. The van der Waals surface area contributed by atoms with Gasteiger partial charge in [0, 0.05) is 6.04 Å². The fourth-order valence-corrected chi connectivity index (χ4v) is 0.445. The number of nitrogens with one attached hydrogen (secondary N) is 1. The summed E-state index contributed by atoms with van der Waals surface area (Å²) in [4.78, 5) is 10.5. The van der Waals surface area contributed by atoms with Gasteiger partial charge in [-0.2, -0.15) is 5.26 Å². The van der Waals surface area contributed by atoms with Crippen molar-refractivity contribution in [2.75, 3.05) is 0 Å². The van der Waals surface area contributed by atoms with Crippen molar-refractivity contribution in [2.24, 2.45) is 0 Å². The van der Waals surface area contributed by atoms with Crippen LogP contribution in [0.25, 0.3) is 0 Å². The Morgan fingerprint density at radius 2 is 2.33 bits per heavy atom. The van der Waals surface area contributed by atoms with Gasteiger partial charge in [0.2, 0.25) is 5.91 Å². The lowest BCUT2D eigenvalue weighted by molar-refractivity contribution is -0.120. The van der Waals surface area contributed by atoms with Gasteiger partial charge in [0.25, 0.3) is 0 Å². The third-order valence-corrected chi connectivity index (χ3v) is 0.689.